The van der Waals surface area contributed by atoms with Gasteiger partial charge >= 0.3 is 0 Å². The lowest BCUT2D eigenvalue weighted by Crippen LogP contribution is -2.43. The minimum Gasteiger partial charge on any atom is -0.337 e. The third-order valence-corrected chi connectivity index (χ3v) is 6.68. The Morgan fingerprint density at radius 1 is 0.821 bits per heavy atom. The zero-order chi connectivity index (χ0) is 20.3. The number of piperidine rings is 1. The summed E-state index contributed by atoms with van der Waals surface area (Å²) in [5.41, 5.74) is 7.54. The van der Waals surface area contributed by atoms with Gasteiger partial charge in [-0.1, -0.05) is 65.8 Å². The Morgan fingerprint density at radius 3 is 2.04 bits per heavy atom. The number of anilines is 2. The number of benzene rings is 2. The van der Waals surface area contributed by atoms with Gasteiger partial charge in [0, 0.05) is 29.9 Å². The summed E-state index contributed by atoms with van der Waals surface area (Å²) in [7, 11) is 2.27. The third kappa shape index (κ3) is 3.37. The molecular formula is C26H36N2. The molecular weight excluding hydrogens is 340 g/mol. The molecule has 2 nitrogen and oxygen atoms in total. The Bertz CT molecular complexity index is 851. The predicted octanol–water partition coefficient (Wildman–Crippen LogP) is 6.22. The molecule has 0 amide bonds. The lowest BCUT2D eigenvalue weighted by molar-refractivity contribution is 0.236. The number of rotatable bonds is 1. The fourth-order valence-corrected chi connectivity index (χ4v) is 4.89. The first-order valence-corrected chi connectivity index (χ1v) is 10.8. The van der Waals surface area contributed by atoms with Gasteiger partial charge in [-0.25, -0.2) is 0 Å². The van der Waals surface area contributed by atoms with Crippen LogP contribution in [0.5, 0.6) is 0 Å². The van der Waals surface area contributed by atoms with Crippen LogP contribution in [0.25, 0.3) is 0 Å². The summed E-state index contributed by atoms with van der Waals surface area (Å²) in [6.07, 6.45) is 1.22. The van der Waals surface area contributed by atoms with Gasteiger partial charge in [-0.05, 0) is 65.7 Å². The smallest absolute Gasteiger partial charge is 0.0450 e. The first-order chi connectivity index (χ1) is 13.1. The molecule has 2 aliphatic rings. The van der Waals surface area contributed by atoms with Crippen LogP contribution in [-0.2, 0) is 10.8 Å². The summed E-state index contributed by atoms with van der Waals surface area (Å²) in [5, 5.41) is 0. The first-order valence-electron chi connectivity index (χ1n) is 10.8. The van der Waals surface area contributed by atoms with Crippen molar-refractivity contribution < 1.29 is 0 Å². The highest BCUT2D eigenvalue weighted by Gasteiger charge is 2.42. The van der Waals surface area contributed by atoms with Gasteiger partial charge in [0.2, 0.25) is 0 Å². The van der Waals surface area contributed by atoms with Crippen LogP contribution >= 0.6 is 0 Å². The molecule has 2 aromatic carbocycles. The fourth-order valence-electron chi connectivity index (χ4n) is 4.89. The molecule has 2 heteroatoms. The van der Waals surface area contributed by atoms with Crippen molar-refractivity contribution in [2.75, 3.05) is 25.0 Å². The van der Waals surface area contributed by atoms with E-state index in [1.165, 1.54) is 35.5 Å². The predicted molar refractivity (Wildman–Crippen MR) is 121 cm³/mol. The number of fused-ring (bicyclic) bond motifs is 3. The largest absolute Gasteiger partial charge is 0.337 e. The van der Waals surface area contributed by atoms with Gasteiger partial charge in [-0.15, -0.1) is 0 Å². The minimum atomic E-state index is 0.187. The molecule has 0 saturated carbocycles. The monoisotopic (exact) mass is 376 g/mol. The lowest BCUT2D eigenvalue weighted by Gasteiger charge is -2.37. The van der Waals surface area contributed by atoms with Gasteiger partial charge in [-0.2, -0.15) is 0 Å². The van der Waals surface area contributed by atoms with E-state index in [1.54, 1.807) is 5.56 Å². The summed E-state index contributed by atoms with van der Waals surface area (Å²) in [6.45, 7) is 16.1. The van der Waals surface area contributed by atoms with Gasteiger partial charge in [0.25, 0.3) is 0 Å². The van der Waals surface area contributed by atoms with Crippen LogP contribution < -0.4 is 4.90 Å². The van der Waals surface area contributed by atoms with E-state index in [4.69, 9.17) is 0 Å². The summed E-state index contributed by atoms with van der Waals surface area (Å²) in [6, 6.07) is 17.1. The summed E-state index contributed by atoms with van der Waals surface area (Å²) in [4.78, 5) is 5.13. The zero-order valence-corrected chi connectivity index (χ0v) is 18.7. The molecule has 0 spiro atoms. The third-order valence-electron chi connectivity index (χ3n) is 6.68. The molecule has 0 bridgehead atoms. The molecule has 0 unspecified atom stereocenters. The first kappa shape index (κ1) is 19.5. The van der Waals surface area contributed by atoms with Crippen molar-refractivity contribution in [3.05, 3.63) is 59.2 Å². The second-order valence-corrected chi connectivity index (χ2v) is 10.9. The average molecular weight is 377 g/mol. The van der Waals surface area contributed by atoms with E-state index in [-0.39, 0.29) is 10.8 Å². The minimum absolute atomic E-state index is 0.187. The number of nitrogens with zero attached hydrogens (tertiary/aromatic N) is 2. The average Bonchev–Trinajstić information content (AvgIpc) is 2.93. The van der Waals surface area contributed by atoms with Gasteiger partial charge < -0.3 is 9.80 Å². The molecule has 0 radical (unpaired) electrons. The molecule has 1 saturated heterocycles. The quantitative estimate of drug-likeness (QED) is 0.583. The summed E-state index contributed by atoms with van der Waals surface area (Å²) in [5.74, 6) is 0.596. The number of hydrogen-bond acceptors (Lipinski definition) is 2. The number of likely N-dealkylation sites (N-methyl/N-ethyl adjacent to an activating group) is 1. The molecule has 2 atom stereocenters. The van der Waals surface area contributed by atoms with E-state index in [0.717, 1.165) is 6.54 Å². The maximum Gasteiger partial charge on any atom is 0.0450 e. The Morgan fingerprint density at radius 2 is 1.43 bits per heavy atom. The summed E-state index contributed by atoms with van der Waals surface area (Å²) >= 11 is 0. The summed E-state index contributed by atoms with van der Waals surface area (Å²) < 4.78 is 0. The Kier molecular flexibility index (Phi) is 4.62. The standard InChI is InChI=1S/C26H36N2/c1-25(2,3)18-8-11-20(12-9-18)28-23-13-10-19(26(4,5)6)16-21(23)22-17-27(7)15-14-24(22)28/h8-13,16,22,24H,14-15,17H2,1-7H3/t22-,24+/m0/s1. The van der Waals surface area contributed by atoms with Crippen molar-refractivity contribution in [1.29, 1.82) is 0 Å². The van der Waals surface area contributed by atoms with E-state index in [9.17, 15) is 0 Å². The van der Waals surface area contributed by atoms with Crippen LogP contribution in [0.4, 0.5) is 11.4 Å². The molecule has 4 rings (SSSR count). The van der Waals surface area contributed by atoms with Crippen molar-refractivity contribution in [1.82, 2.24) is 4.90 Å². The van der Waals surface area contributed by atoms with Crippen molar-refractivity contribution in [2.24, 2.45) is 0 Å². The molecule has 28 heavy (non-hydrogen) atoms. The van der Waals surface area contributed by atoms with Gasteiger partial charge in [0.15, 0.2) is 0 Å². The van der Waals surface area contributed by atoms with Gasteiger partial charge in [0.05, 0.1) is 0 Å². The molecule has 2 heterocycles. The van der Waals surface area contributed by atoms with E-state index in [1.807, 2.05) is 0 Å². The van der Waals surface area contributed by atoms with E-state index >= 15 is 0 Å². The van der Waals surface area contributed by atoms with E-state index < -0.39 is 0 Å². The maximum atomic E-state index is 2.63. The molecule has 0 N–H and O–H groups in total. The van der Waals surface area contributed by atoms with Crippen molar-refractivity contribution in [3.63, 3.8) is 0 Å². The van der Waals surface area contributed by atoms with Crippen molar-refractivity contribution in [3.8, 4) is 0 Å². The molecule has 0 aliphatic carbocycles. The highest BCUT2D eigenvalue weighted by atomic mass is 15.2. The van der Waals surface area contributed by atoms with Crippen LogP contribution in [-0.4, -0.2) is 31.1 Å². The Hall–Kier alpha value is -1.80. The SMILES string of the molecule is CN1CC[C@@H]2[C@@H](C1)c1cc(C(C)(C)C)ccc1N2c1ccc(C(C)(C)C)cc1. The maximum absolute atomic E-state index is 2.63. The van der Waals surface area contributed by atoms with Crippen LogP contribution in [0.3, 0.4) is 0 Å². The molecule has 0 aromatic heterocycles. The van der Waals surface area contributed by atoms with Crippen LogP contribution in [0.15, 0.2) is 42.5 Å². The molecule has 1 fully saturated rings. The Labute approximate surface area is 171 Å². The van der Waals surface area contributed by atoms with Gasteiger partial charge in [0.1, 0.15) is 0 Å². The van der Waals surface area contributed by atoms with E-state index in [0.29, 0.717) is 12.0 Å². The van der Waals surface area contributed by atoms with Crippen molar-refractivity contribution >= 4 is 11.4 Å². The number of likely N-dealkylation sites (tertiary alicyclic amines) is 1. The zero-order valence-electron chi connectivity index (χ0n) is 18.7. The van der Waals surface area contributed by atoms with Crippen molar-refractivity contribution in [2.45, 2.75) is 70.8 Å². The van der Waals surface area contributed by atoms with Crippen LogP contribution in [0.1, 0.15) is 70.6 Å². The van der Waals surface area contributed by atoms with Gasteiger partial charge in [-0.3, -0.25) is 0 Å². The van der Waals surface area contributed by atoms with Crippen LogP contribution in [0.2, 0.25) is 0 Å². The Balaban J connectivity index is 1.78. The highest BCUT2D eigenvalue weighted by molar-refractivity contribution is 5.74. The van der Waals surface area contributed by atoms with Crippen LogP contribution in [0, 0.1) is 0 Å². The second kappa shape index (κ2) is 6.62. The number of hydrogen-bond donors (Lipinski definition) is 0. The second-order valence-electron chi connectivity index (χ2n) is 10.9. The van der Waals surface area contributed by atoms with E-state index in [2.05, 4.69) is 101 Å². The topological polar surface area (TPSA) is 6.48 Å². The molecule has 2 aromatic rings. The molecule has 150 valence electrons. The molecule has 2 aliphatic heterocycles. The lowest BCUT2D eigenvalue weighted by atomic mass is 9.83. The highest BCUT2D eigenvalue weighted by Crippen LogP contribution is 2.49. The normalized spacial score (nSPS) is 22.9. The fraction of sp³-hybridized carbons (Fsp3) is 0.538.